The molecule has 0 saturated carbocycles. The largest absolute Gasteiger partial charge is 0.365 e. The molecule has 1 heterocycles. The molecule has 4 rings (SSSR count). The number of hydrogen-bond donors (Lipinski definition) is 0. The lowest BCUT2D eigenvalue weighted by Gasteiger charge is -2.24. The summed E-state index contributed by atoms with van der Waals surface area (Å²) >= 11 is 12.1. The van der Waals surface area contributed by atoms with E-state index in [2.05, 4.69) is 17.0 Å². The second kappa shape index (κ2) is 10.6. The summed E-state index contributed by atoms with van der Waals surface area (Å²) in [4.78, 5) is 17.6. The number of aliphatic imine (C=N–C) groups is 1. The number of nitrogens with zero attached hydrogens (tertiary/aromatic N) is 3. The molecule has 32 heavy (non-hydrogen) atoms. The summed E-state index contributed by atoms with van der Waals surface area (Å²) in [6.45, 7) is 2.04. The van der Waals surface area contributed by atoms with Gasteiger partial charge < -0.3 is 4.90 Å². The van der Waals surface area contributed by atoms with Crippen LogP contribution in [0.4, 0.5) is 11.4 Å². The van der Waals surface area contributed by atoms with E-state index in [1.807, 2.05) is 36.4 Å². The molecule has 0 aromatic heterocycles. The van der Waals surface area contributed by atoms with Crippen molar-refractivity contribution < 1.29 is 4.92 Å². The molecule has 0 spiro atoms. The van der Waals surface area contributed by atoms with E-state index in [1.165, 1.54) is 0 Å². The van der Waals surface area contributed by atoms with E-state index in [4.69, 9.17) is 28.2 Å². The summed E-state index contributed by atoms with van der Waals surface area (Å²) in [7, 11) is 0. The van der Waals surface area contributed by atoms with Gasteiger partial charge >= 0.3 is 0 Å². The normalized spacial score (nSPS) is 13.2. The molecule has 0 bridgehead atoms. The second-order valence-corrected chi connectivity index (χ2v) is 7.95. The van der Waals surface area contributed by atoms with Gasteiger partial charge in [0.05, 0.1) is 27.2 Å². The third-order valence-electron chi connectivity index (χ3n) is 5.07. The first kappa shape index (κ1) is 23.8. The van der Waals surface area contributed by atoms with E-state index in [-0.39, 0.29) is 23.0 Å². The maximum Gasteiger partial charge on any atom is 0.269 e. The van der Waals surface area contributed by atoms with Gasteiger partial charge in [0.15, 0.2) is 0 Å². The number of benzene rings is 3. The first-order chi connectivity index (χ1) is 15.0. The zero-order valence-corrected chi connectivity index (χ0v) is 19.3. The quantitative estimate of drug-likeness (QED) is 0.291. The third kappa shape index (κ3) is 5.49. The van der Waals surface area contributed by atoms with Crippen LogP contribution in [0.2, 0.25) is 10.0 Å². The summed E-state index contributed by atoms with van der Waals surface area (Å²) in [6, 6.07) is 20.3. The van der Waals surface area contributed by atoms with Crippen LogP contribution < -0.4 is 4.90 Å². The maximum absolute atomic E-state index is 10.9. The first-order valence-corrected chi connectivity index (χ1v) is 10.5. The predicted octanol–water partition coefficient (Wildman–Crippen LogP) is 6.85. The Morgan fingerprint density at radius 3 is 2.47 bits per heavy atom. The molecule has 5 nitrogen and oxygen atoms in total. The van der Waals surface area contributed by atoms with Crippen molar-refractivity contribution in [3.05, 3.63) is 110 Å². The van der Waals surface area contributed by atoms with E-state index in [1.54, 1.807) is 30.3 Å². The number of halogens is 3. The minimum atomic E-state index is -0.384. The highest BCUT2D eigenvalue weighted by molar-refractivity contribution is 6.42. The standard InChI is InChI=1S/C24H19Cl2N3O2.ClH/c25-21-11-7-17(15-22(21)26)8-12-23-20-3-1-2-4-24(20)28(14-13-27-23)16-18-5-9-19(10-6-18)29(30)31;/h1-12,15H,13-14,16H2;1H/b12-8+;. The Morgan fingerprint density at radius 1 is 1.00 bits per heavy atom. The van der Waals surface area contributed by atoms with E-state index < -0.39 is 0 Å². The van der Waals surface area contributed by atoms with E-state index in [9.17, 15) is 10.1 Å². The number of non-ortho nitro benzene ring substituents is 1. The van der Waals surface area contributed by atoms with Gasteiger partial charge in [0.2, 0.25) is 0 Å². The fraction of sp³-hybridized carbons (Fsp3) is 0.125. The average Bonchev–Trinajstić information content (AvgIpc) is 2.94. The molecule has 0 atom stereocenters. The predicted molar refractivity (Wildman–Crippen MR) is 135 cm³/mol. The first-order valence-electron chi connectivity index (χ1n) is 9.76. The van der Waals surface area contributed by atoms with Crippen molar-refractivity contribution >= 4 is 58.8 Å². The number of benzodiazepines with no additional fused rings is 1. The molecule has 0 fully saturated rings. The van der Waals surface area contributed by atoms with Crippen molar-refractivity contribution in [2.45, 2.75) is 6.54 Å². The average molecular weight is 489 g/mol. The molecule has 0 unspecified atom stereocenters. The highest BCUT2D eigenvalue weighted by Crippen LogP contribution is 2.27. The molecule has 8 heteroatoms. The van der Waals surface area contributed by atoms with Crippen LogP contribution in [0.1, 0.15) is 16.7 Å². The van der Waals surface area contributed by atoms with Crippen LogP contribution in [0.5, 0.6) is 0 Å². The zero-order valence-electron chi connectivity index (χ0n) is 16.9. The van der Waals surface area contributed by atoms with Gasteiger partial charge in [-0.2, -0.15) is 0 Å². The molecule has 0 saturated heterocycles. The van der Waals surface area contributed by atoms with Gasteiger partial charge in [-0.05, 0) is 35.4 Å². The van der Waals surface area contributed by atoms with Crippen molar-refractivity contribution in [1.29, 1.82) is 0 Å². The summed E-state index contributed by atoms with van der Waals surface area (Å²) in [5, 5.41) is 11.9. The molecule has 164 valence electrons. The highest BCUT2D eigenvalue weighted by Gasteiger charge is 2.17. The molecule has 0 aliphatic carbocycles. The number of fused-ring (bicyclic) bond motifs is 1. The highest BCUT2D eigenvalue weighted by atomic mass is 35.5. The van der Waals surface area contributed by atoms with Crippen LogP contribution in [0.25, 0.3) is 6.08 Å². The molecule has 3 aromatic rings. The van der Waals surface area contributed by atoms with Crippen molar-refractivity contribution in [1.82, 2.24) is 0 Å². The SMILES string of the molecule is Cl.O=[N+]([O-])c1ccc(CN2CCN=C(/C=C/c3ccc(Cl)c(Cl)c3)c3ccccc32)cc1. The maximum atomic E-state index is 10.9. The van der Waals surface area contributed by atoms with E-state index >= 15 is 0 Å². The Kier molecular flexibility index (Phi) is 7.91. The Bertz CT molecular complexity index is 1180. The van der Waals surface area contributed by atoms with Crippen molar-refractivity contribution in [3.8, 4) is 0 Å². The molecular formula is C24H20Cl3N3O2. The molecule has 0 radical (unpaired) electrons. The zero-order chi connectivity index (χ0) is 21.8. The van der Waals surface area contributed by atoms with Crippen LogP contribution in [0.15, 0.2) is 77.8 Å². The fourth-order valence-corrected chi connectivity index (χ4v) is 3.81. The molecular weight excluding hydrogens is 469 g/mol. The van der Waals surface area contributed by atoms with Gasteiger partial charge in [-0.1, -0.05) is 65.7 Å². The van der Waals surface area contributed by atoms with Crippen molar-refractivity contribution in [2.24, 2.45) is 4.99 Å². The minimum Gasteiger partial charge on any atom is -0.365 e. The minimum absolute atomic E-state index is 0. The number of para-hydroxylation sites is 1. The van der Waals surface area contributed by atoms with E-state index in [0.29, 0.717) is 23.1 Å². The number of rotatable bonds is 5. The van der Waals surface area contributed by atoms with Gasteiger partial charge in [-0.25, -0.2) is 0 Å². The van der Waals surface area contributed by atoms with Gasteiger partial charge in [-0.3, -0.25) is 15.1 Å². The van der Waals surface area contributed by atoms with Crippen LogP contribution in [-0.2, 0) is 6.54 Å². The van der Waals surface area contributed by atoms with Crippen LogP contribution in [0.3, 0.4) is 0 Å². The lowest BCUT2D eigenvalue weighted by Crippen LogP contribution is -2.25. The molecule has 1 aliphatic rings. The smallest absolute Gasteiger partial charge is 0.269 e. The molecule has 0 amide bonds. The summed E-state index contributed by atoms with van der Waals surface area (Å²) in [5.41, 5.74) is 5.07. The van der Waals surface area contributed by atoms with Crippen molar-refractivity contribution in [3.63, 3.8) is 0 Å². The van der Waals surface area contributed by atoms with Crippen LogP contribution in [0, 0.1) is 10.1 Å². The summed E-state index contributed by atoms with van der Waals surface area (Å²) in [5.74, 6) is 0. The Morgan fingerprint density at radius 2 is 1.75 bits per heavy atom. The van der Waals surface area contributed by atoms with Gasteiger partial charge in [0, 0.05) is 36.5 Å². The third-order valence-corrected chi connectivity index (χ3v) is 5.81. The van der Waals surface area contributed by atoms with Crippen LogP contribution in [-0.4, -0.2) is 23.7 Å². The number of nitro benzene ring substituents is 1. The number of hydrogen-bond acceptors (Lipinski definition) is 4. The van der Waals surface area contributed by atoms with Gasteiger partial charge in [0.1, 0.15) is 0 Å². The van der Waals surface area contributed by atoms with E-state index in [0.717, 1.165) is 34.6 Å². The van der Waals surface area contributed by atoms with Gasteiger partial charge in [-0.15, -0.1) is 12.4 Å². The number of nitro groups is 1. The number of anilines is 1. The Hall–Kier alpha value is -2.86. The topological polar surface area (TPSA) is 58.7 Å². The van der Waals surface area contributed by atoms with Crippen molar-refractivity contribution in [2.75, 3.05) is 18.0 Å². The summed E-state index contributed by atoms with van der Waals surface area (Å²) in [6.07, 6.45) is 3.97. The molecule has 1 aliphatic heterocycles. The second-order valence-electron chi connectivity index (χ2n) is 7.14. The number of allylic oxidation sites excluding steroid dienone is 1. The monoisotopic (exact) mass is 487 g/mol. The Balaban J connectivity index is 0.00000289. The molecule has 3 aromatic carbocycles. The van der Waals surface area contributed by atoms with Crippen LogP contribution >= 0.6 is 35.6 Å². The summed E-state index contributed by atoms with van der Waals surface area (Å²) < 4.78 is 0. The lowest BCUT2D eigenvalue weighted by molar-refractivity contribution is -0.384. The Labute approximate surface area is 202 Å². The fourth-order valence-electron chi connectivity index (χ4n) is 3.50. The lowest BCUT2D eigenvalue weighted by atomic mass is 10.0. The molecule has 0 N–H and O–H groups in total. The van der Waals surface area contributed by atoms with Gasteiger partial charge in [0.25, 0.3) is 5.69 Å².